The molecule has 0 saturated carbocycles. The zero-order chi connectivity index (χ0) is 15.0. The van der Waals surface area contributed by atoms with Crippen LogP contribution >= 0.6 is 0 Å². The second-order valence-electron chi connectivity index (χ2n) is 5.12. The average Bonchev–Trinajstić information content (AvgIpc) is 2.75. The first kappa shape index (κ1) is 13.5. The summed E-state index contributed by atoms with van der Waals surface area (Å²) in [6, 6.07) is 12.4. The molecule has 0 fully saturated rings. The largest absolute Gasteiger partial charge is 0.399 e. The molecule has 0 bridgehead atoms. The van der Waals surface area contributed by atoms with Crippen LogP contribution in [0.5, 0.6) is 0 Å². The fourth-order valence-electron chi connectivity index (χ4n) is 2.55. The van der Waals surface area contributed by atoms with Gasteiger partial charge >= 0.3 is 0 Å². The third-order valence-corrected chi connectivity index (χ3v) is 3.59. The normalized spacial score (nSPS) is 14.4. The standard InChI is InChI=1S/C16H14F2N2O/c17-16(18,12-4-2-1-3-5-12)10-20-14-7-6-13(19)8-11(14)9-15(20)21/h1-8H,9-10,19H2. The Hall–Kier alpha value is -2.43. The number of nitrogens with two attached hydrogens (primary N) is 1. The van der Waals surface area contributed by atoms with E-state index in [1.54, 1.807) is 36.4 Å². The number of amides is 1. The van der Waals surface area contributed by atoms with Crippen LogP contribution in [0.15, 0.2) is 48.5 Å². The molecule has 0 aromatic heterocycles. The maximum atomic E-state index is 14.3. The summed E-state index contributed by atoms with van der Waals surface area (Å²) in [5.74, 6) is -3.42. The summed E-state index contributed by atoms with van der Waals surface area (Å²) in [4.78, 5) is 13.1. The van der Waals surface area contributed by atoms with Gasteiger partial charge in [-0.25, -0.2) is 0 Å². The van der Waals surface area contributed by atoms with E-state index in [1.807, 2.05) is 0 Å². The number of benzene rings is 2. The van der Waals surface area contributed by atoms with E-state index in [0.717, 1.165) is 4.90 Å². The summed E-state index contributed by atoms with van der Waals surface area (Å²) in [6.07, 6.45) is 0.116. The van der Waals surface area contributed by atoms with Crippen molar-refractivity contribution in [2.75, 3.05) is 17.2 Å². The minimum absolute atomic E-state index is 0.0957. The Morgan fingerprint density at radius 2 is 1.86 bits per heavy atom. The van der Waals surface area contributed by atoms with Crippen LogP contribution in [0, 0.1) is 0 Å². The minimum Gasteiger partial charge on any atom is -0.399 e. The molecule has 0 atom stereocenters. The second kappa shape index (κ2) is 4.84. The third-order valence-electron chi connectivity index (χ3n) is 3.59. The van der Waals surface area contributed by atoms with Gasteiger partial charge in [-0.15, -0.1) is 0 Å². The second-order valence-corrected chi connectivity index (χ2v) is 5.12. The number of rotatable bonds is 3. The molecular weight excluding hydrogens is 274 g/mol. The number of nitrogen functional groups attached to an aromatic ring is 1. The molecule has 1 heterocycles. The maximum absolute atomic E-state index is 14.3. The van der Waals surface area contributed by atoms with Crippen molar-refractivity contribution in [3.05, 3.63) is 59.7 Å². The molecule has 2 N–H and O–H groups in total. The van der Waals surface area contributed by atoms with E-state index in [1.165, 1.54) is 12.1 Å². The molecule has 0 aliphatic carbocycles. The van der Waals surface area contributed by atoms with Crippen LogP contribution in [0.25, 0.3) is 0 Å². The molecule has 3 nitrogen and oxygen atoms in total. The van der Waals surface area contributed by atoms with Crippen molar-refractivity contribution < 1.29 is 13.6 Å². The van der Waals surface area contributed by atoms with Gasteiger partial charge in [-0.2, -0.15) is 8.78 Å². The van der Waals surface area contributed by atoms with Gasteiger partial charge < -0.3 is 10.6 Å². The first-order valence-electron chi connectivity index (χ1n) is 6.59. The van der Waals surface area contributed by atoms with Crippen molar-refractivity contribution in [2.24, 2.45) is 0 Å². The SMILES string of the molecule is Nc1ccc2c(c1)CC(=O)N2CC(F)(F)c1ccccc1. The van der Waals surface area contributed by atoms with Gasteiger partial charge in [0, 0.05) is 16.9 Å². The number of nitrogens with zero attached hydrogens (tertiary/aromatic N) is 1. The van der Waals surface area contributed by atoms with Gasteiger partial charge in [0.05, 0.1) is 13.0 Å². The van der Waals surface area contributed by atoms with Crippen LogP contribution in [0.3, 0.4) is 0 Å². The topological polar surface area (TPSA) is 46.3 Å². The lowest BCUT2D eigenvalue weighted by atomic mass is 10.1. The number of halogens is 2. The quantitative estimate of drug-likeness (QED) is 0.883. The Balaban J connectivity index is 1.91. The monoisotopic (exact) mass is 288 g/mol. The molecular formula is C16H14F2N2O. The van der Waals surface area contributed by atoms with E-state index < -0.39 is 12.5 Å². The minimum atomic E-state index is -3.10. The van der Waals surface area contributed by atoms with Crippen molar-refractivity contribution in [1.82, 2.24) is 0 Å². The molecule has 0 radical (unpaired) electrons. The molecule has 5 heteroatoms. The van der Waals surface area contributed by atoms with Crippen molar-refractivity contribution >= 4 is 17.3 Å². The molecule has 108 valence electrons. The first-order valence-corrected chi connectivity index (χ1v) is 6.59. The number of anilines is 2. The summed E-state index contributed by atoms with van der Waals surface area (Å²) in [5, 5.41) is 0. The zero-order valence-electron chi connectivity index (χ0n) is 11.2. The van der Waals surface area contributed by atoms with E-state index in [9.17, 15) is 13.6 Å². The lowest BCUT2D eigenvalue weighted by Gasteiger charge is -2.24. The number of fused-ring (bicyclic) bond motifs is 1. The van der Waals surface area contributed by atoms with E-state index in [2.05, 4.69) is 0 Å². The van der Waals surface area contributed by atoms with Crippen molar-refractivity contribution in [2.45, 2.75) is 12.3 Å². The molecule has 1 amide bonds. The predicted molar refractivity (Wildman–Crippen MR) is 77.2 cm³/mol. The molecule has 3 rings (SSSR count). The number of hydrogen-bond donors (Lipinski definition) is 1. The Morgan fingerprint density at radius 1 is 1.14 bits per heavy atom. The van der Waals surface area contributed by atoms with Crippen LogP contribution in [0.1, 0.15) is 11.1 Å². The summed E-state index contributed by atoms with van der Waals surface area (Å²) < 4.78 is 28.7. The fraction of sp³-hybridized carbons (Fsp3) is 0.188. The van der Waals surface area contributed by atoms with Crippen LogP contribution < -0.4 is 10.6 Å². The van der Waals surface area contributed by atoms with Crippen molar-refractivity contribution in [1.29, 1.82) is 0 Å². The molecule has 1 aliphatic heterocycles. The van der Waals surface area contributed by atoms with Crippen molar-refractivity contribution in [3.8, 4) is 0 Å². The molecule has 1 aliphatic rings. The summed E-state index contributed by atoms with van der Waals surface area (Å²) >= 11 is 0. The first-order chi connectivity index (χ1) is 9.97. The predicted octanol–water partition coefficient (Wildman–Crippen LogP) is 2.95. The molecule has 0 spiro atoms. The molecule has 0 saturated heterocycles. The lowest BCUT2D eigenvalue weighted by Crippen LogP contribution is -2.37. The van der Waals surface area contributed by atoms with Crippen LogP contribution in [-0.2, 0) is 17.1 Å². The Bertz CT molecular complexity index is 686. The molecule has 2 aromatic rings. The van der Waals surface area contributed by atoms with E-state index >= 15 is 0 Å². The summed E-state index contributed by atoms with van der Waals surface area (Å²) in [7, 11) is 0. The zero-order valence-corrected chi connectivity index (χ0v) is 11.2. The van der Waals surface area contributed by atoms with Gasteiger partial charge in [0.25, 0.3) is 5.92 Å². The third kappa shape index (κ3) is 2.46. The fourth-order valence-corrected chi connectivity index (χ4v) is 2.55. The highest BCUT2D eigenvalue weighted by atomic mass is 19.3. The highest BCUT2D eigenvalue weighted by molar-refractivity contribution is 6.01. The van der Waals surface area contributed by atoms with E-state index in [0.29, 0.717) is 16.9 Å². The molecule has 21 heavy (non-hydrogen) atoms. The Morgan fingerprint density at radius 3 is 2.57 bits per heavy atom. The summed E-state index contributed by atoms with van der Waals surface area (Å²) in [6.45, 7) is -0.660. The van der Waals surface area contributed by atoms with Crippen LogP contribution in [0.2, 0.25) is 0 Å². The molecule has 2 aromatic carbocycles. The Labute approximate surface area is 121 Å². The highest BCUT2D eigenvalue weighted by Crippen LogP contribution is 2.36. The van der Waals surface area contributed by atoms with Gasteiger partial charge in [-0.1, -0.05) is 30.3 Å². The van der Waals surface area contributed by atoms with Crippen LogP contribution in [-0.4, -0.2) is 12.5 Å². The van der Waals surface area contributed by atoms with Gasteiger partial charge in [0.2, 0.25) is 5.91 Å². The average molecular weight is 288 g/mol. The number of carbonyl (C=O) groups is 1. The number of hydrogen-bond acceptors (Lipinski definition) is 2. The Kier molecular flexibility index (Phi) is 3.12. The van der Waals surface area contributed by atoms with E-state index in [4.69, 9.17) is 5.73 Å². The molecule has 0 unspecified atom stereocenters. The van der Waals surface area contributed by atoms with Gasteiger partial charge in [0.15, 0.2) is 0 Å². The van der Waals surface area contributed by atoms with Gasteiger partial charge in [-0.05, 0) is 23.8 Å². The van der Waals surface area contributed by atoms with Gasteiger partial charge in [-0.3, -0.25) is 4.79 Å². The van der Waals surface area contributed by atoms with Gasteiger partial charge in [0.1, 0.15) is 0 Å². The highest BCUT2D eigenvalue weighted by Gasteiger charge is 2.39. The van der Waals surface area contributed by atoms with Crippen molar-refractivity contribution in [3.63, 3.8) is 0 Å². The maximum Gasteiger partial charge on any atom is 0.290 e. The van der Waals surface area contributed by atoms with Crippen LogP contribution in [0.4, 0.5) is 20.2 Å². The number of carbonyl (C=O) groups excluding carboxylic acids is 1. The smallest absolute Gasteiger partial charge is 0.290 e. The lowest BCUT2D eigenvalue weighted by molar-refractivity contribution is -0.118. The van der Waals surface area contributed by atoms with E-state index in [-0.39, 0.29) is 17.9 Å². The number of alkyl halides is 2. The summed E-state index contributed by atoms with van der Waals surface area (Å²) in [5.41, 5.74) is 7.31.